The number of hydrogen-bond acceptors (Lipinski definition) is 1. The maximum atomic E-state index is 10.5. The first kappa shape index (κ1) is 15.1. The Labute approximate surface area is 123 Å². The number of hydrogen-bond donors (Lipinski definition) is 1. The van der Waals surface area contributed by atoms with Gasteiger partial charge in [0.05, 0.1) is 0 Å². The van der Waals surface area contributed by atoms with E-state index in [9.17, 15) is 5.21 Å². The molecule has 0 bridgehead atoms. The smallest absolute Gasteiger partial charge is 0.223 e. The summed E-state index contributed by atoms with van der Waals surface area (Å²) in [6, 6.07) is 10.2. The van der Waals surface area contributed by atoms with Crippen molar-refractivity contribution in [3.8, 4) is 0 Å². The molecule has 0 spiro atoms. The second-order valence-electron chi connectivity index (χ2n) is 7.68. The Kier molecular flexibility index (Phi) is 3.95. The van der Waals surface area contributed by atoms with E-state index in [0.717, 1.165) is 18.4 Å². The van der Waals surface area contributed by atoms with Gasteiger partial charge < -0.3 is 0 Å². The molecule has 110 valence electrons. The van der Waals surface area contributed by atoms with Crippen LogP contribution in [0.2, 0.25) is 0 Å². The van der Waals surface area contributed by atoms with E-state index in [4.69, 9.17) is 0 Å². The second kappa shape index (κ2) is 5.23. The molecule has 2 heteroatoms. The molecule has 0 saturated heterocycles. The molecule has 0 unspecified atom stereocenters. The summed E-state index contributed by atoms with van der Waals surface area (Å²) in [7, 11) is 0. The maximum Gasteiger partial charge on any atom is 0.223 e. The highest BCUT2D eigenvalue weighted by atomic mass is 16.5. The third-order valence-electron chi connectivity index (χ3n) is 5.32. The van der Waals surface area contributed by atoms with Crippen LogP contribution >= 0.6 is 0 Å². The van der Waals surface area contributed by atoms with Crippen LogP contribution in [0.1, 0.15) is 53.0 Å². The van der Waals surface area contributed by atoms with Crippen LogP contribution < -0.4 is 0 Å². The van der Waals surface area contributed by atoms with Crippen molar-refractivity contribution in [2.45, 2.75) is 53.5 Å². The molecule has 2 rings (SSSR count). The van der Waals surface area contributed by atoms with E-state index in [0.29, 0.717) is 5.92 Å². The Bertz CT molecular complexity index is 469. The van der Waals surface area contributed by atoms with E-state index in [1.54, 1.807) is 0 Å². The van der Waals surface area contributed by atoms with Crippen LogP contribution in [0.3, 0.4) is 0 Å². The van der Waals surface area contributed by atoms with Crippen LogP contribution in [0, 0.1) is 16.7 Å². The monoisotopic (exact) mass is 274 g/mol. The van der Waals surface area contributed by atoms with Crippen LogP contribution in [0.25, 0.3) is 0 Å². The van der Waals surface area contributed by atoms with Gasteiger partial charge >= 0.3 is 0 Å². The lowest BCUT2D eigenvalue weighted by molar-refractivity contribution is -0.800. The quantitative estimate of drug-likeness (QED) is 0.368. The van der Waals surface area contributed by atoms with Crippen LogP contribution in [-0.2, 0) is 0 Å². The first-order valence-electron chi connectivity index (χ1n) is 7.59. The second-order valence-corrected chi connectivity index (χ2v) is 7.68. The Balaban J connectivity index is 2.23. The molecule has 1 saturated carbocycles. The van der Waals surface area contributed by atoms with Gasteiger partial charge in [-0.25, -0.2) is 0 Å². The number of benzene rings is 1. The van der Waals surface area contributed by atoms with Gasteiger partial charge in [0.2, 0.25) is 12.3 Å². The Morgan fingerprint density at radius 2 is 1.55 bits per heavy atom. The van der Waals surface area contributed by atoms with Gasteiger partial charge in [-0.05, 0) is 33.6 Å². The average molecular weight is 274 g/mol. The molecule has 2 nitrogen and oxygen atoms in total. The summed E-state index contributed by atoms with van der Waals surface area (Å²) in [4.78, 5) is 0. The minimum Gasteiger partial charge on any atom is -0.291 e. The Morgan fingerprint density at radius 1 is 1.05 bits per heavy atom. The molecular weight excluding hydrogens is 246 g/mol. The zero-order valence-corrected chi connectivity index (χ0v) is 13.4. The van der Waals surface area contributed by atoms with Crippen molar-refractivity contribution in [3.63, 3.8) is 0 Å². The lowest BCUT2D eigenvalue weighted by atomic mass is 9.56. The fourth-order valence-electron chi connectivity index (χ4n) is 3.68. The highest BCUT2D eigenvalue weighted by molar-refractivity contribution is 5.75. The summed E-state index contributed by atoms with van der Waals surface area (Å²) >= 11 is 0. The van der Waals surface area contributed by atoms with Crippen molar-refractivity contribution < 1.29 is 9.95 Å². The van der Waals surface area contributed by atoms with Crippen LogP contribution in [0.5, 0.6) is 0 Å². The molecule has 0 heterocycles. The van der Waals surface area contributed by atoms with Gasteiger partial charge in [-0.15, -0.1) is 0 Å². The van der Waals surface area contributed by atoms with Crippen LogP contribution in [0.4, 0.5) is 0 Å². The van der Waals surface area contributed by atoms with E-state index in [2.05, 4.69) is 34.6 Å². The summed E-state index contributed by atoms with van der Waals surface area (Å²) in [5.74, 6) is 0.649. The van der Waals surface area contributed by atoms with E-state index in [-0.39, 0.29) is 16.9 Å². The molecule has 0 aromatic heterocycles. The molecule has 1 aliphatic carbocycles. The predicted octanol–water partition coefficient (Wildman–Crippen LogP) is 4.36. The summed E-state index contributed by atoms with van der Waals surface area (Å²) < 4.78 is 1.44. The SMILES string of the molecule is CC1C(C)(C)CC([N+](O)=Cc2ccccc2)CC1(C)C. The first-order chi connectivity index (χ1) is 9.22. The molecule has 1 fully saturated rings. The van der Waals surface area contributed by atoms with Crippen molar-refractivity contribution in [3.05, 3.63) is 35.9 Å². The highest BCUT2D eigenvalue weighted by Crippen LogP contribution is 2.50. The molecule has 0 atom stereocenters. The van der Waals surface area contributed by atoms with Gasteiger partial charge in [0.25, 0.3) is 0 Å². The molecule has 1 aromatic carbocycles. The van der Waals surface area contributed by atoms with Crippen molar-refractivity contribution in [2.75, 3.05) is 0 Å². The van der Waals surface area contributed by atoms with Gasteiger partial charge in [-0.3, -0.25) is 5.21 Å². The molecule has 1 N–H and O–H groups in total. The highest BCUT2D eigenvalue weighted by Gasteiger charge is 2.48. The van der Waals surface area contributed by atoms with Crippen LogP contribution in [0.15, 0.2) is 30.3 Å². The fourth-order valence-corrected chi connectivity index (χ4v) is 3.68. The largest absolute Gasteiger partial charge is 0.291 e. The topological polar surface area (TPSA) is 23.2 Å². The van der Waals surface area contributed by atoms with Crippen molar-refractivity contribution >= 4 is 6.21 Å². The van der Waals surface area contributed by atoms with Gasteiger partial charge in [-0.1, -0.05) is 52.8 Å². The number of hydroxylamine groups is 1. The molecule has 1 aliphatic rings. The molecule has 20 heavy (non-hydrogen) atoms. The number of rotatable bonds is 2. The maximum absolute atomic E-state index is 10.5. The molecule has 1 aromatic rings. The van der Waals surface area contributed by atoms with E-state index < -0.39 is 0 Å². The summed E-state index contributed by atoms with van der Waals surface area (Å²) in [5.41, 5.74) is 1.54. The molecule has 0 amide bonds. The lowest BCUT2D eigenvalue weighted by Crippen LogP contribution is -2.47. The van der Waals surface area contributed by atoms with Gasteiger partial charge in [0, 0.05) is 18.4 Å². The van der Waals surface area contributed by atoms with Gasteiger partial charge in [-0.2, -0.15) is 0 Å². The fraction of sp³-hybridized carbons (Fsp3) is 0.611. The van der Waals surface area contributed by atoms with Crippen molar-refractivity contribution in [2.24, 2.45) is 16.7 Å². The minimum atomic E-state index is 0.191. The van der Waals surface area contributed by atoms with Crippen LogP contribution in [-0.4, -0.2) is 22.2 Å². The third kappa shape index (κ3) is 3.05. The Hall–Kier alpha value is -1.31. The normalized spacial score (nSPS) is 29.1. The minimum absolute atomic E-state index is 0.191. The standard InChI is InChI=1S/C18H28NO/c1-14-17(2,3)11-16(12-18(14,4)5)19(20)13-15-9-7-6-8-10-15/h6-10,13-14,16,20H,11-12H2,1-5H3/q+1. The summed E-state index contributed by atoms with van der Waals surface area (Å²) in [6.07, 6.45) is 3.90. The van der Waals surface area contributed by atoms with E-state index >= 15 is 0 Å². The van der Waals surface area contributed by atoms with Gasteiger partial charge in [0.1, 0.15) is 0 Å². The first-order valence-corrected chi connectivity index (χ1v) is 7.59. The molecule has 0 aliphatic heterocycles. The van der Waals surface area contributed by atoms with Crippen molar-refractivity contribution in [1.29, 1.82) is 0 Å². The molecule has 0 radical (unpaired) electrons. The third-order valence-corrected chi connectivity index (χ3v) is 5.32. The zero-order valence-electron chi connectivity index (χ0n) is 13.4. The van der Waals surface area contributed by atoms with E-state index in [1.807, 2.05) is 36.5 Å². The zero-order chi connectivity index (χ0) is 15.0. The lowest BCUT2D eigenvalue weighted by Gasteiger charge is -2.48. The summed E-state index contributed by atoms with van der Waals surface area (Å²) in [5, 5.41) is 10.5. The average Bonchev–Trinajstić information content (AvgIpc) is 2.36. The van der Waals surface area contributed by atoms with E-state index in [1.165, 1.54) is 4.74 Å². The van der Waals surface area contributed by atoms with Gasteiger partial charge in [0.15, 0.2) is 0 Å². The summed E-state index contributed by atoms with van der Waals surface area (Å²) in [6.45, 7) is 11.6. The predicted molar refractivity (Wildman–Crippen MR) is 83.4 cm³/mol. The number of nitrogens with zero attached hydrogens (tertiary/aromatic N) is 1. The Morgan fingerprint density at radius 3 is 2.05 bits per heavy atom. The molecular formula is C18H28NO+. The van der Waals surface area contributed by atoms with Crippen molar-refractivity contribution in [1.82, 2.24) is 0 Å².